The Balaban J connectivity index is 0.690. The summed E-state index contributed by atoms with van der Waals surface area (Å²) in [6, 6.07) is 23.5. The summed E-state index contributed by atoms with van der Waals surface area (Å²) >= 11 is 0. The second-order valence-corrected chi connectivity index (χ2v) is 25.9. The number of fused-ring (bicyclic) bond motifs is 6. The van der Waals surface area contributed by atoms with Crippen LogP contribution in [0.15, 0.2) is 114 Å². The zero-order valence-corrected chi connectivity index (χ0v) is 55.1. The van der Waals surface area contributed by atoms with Gasteiger partial charge in [-0.3, -0.25) is 57.8 Å². The van der Waals surface area contributed by atoms with Crippen molar-refractivity contribution in [2.45, 2.75) is 63.2 Å². The van der Waals surface area contributed by atoms with Crippen LogP contribution in [0.3, 0.4) is 0 Å². The molecule has 7 amide bonds. The molecule has 1 aliphatic rings. The Morgan fingerprint density at radius 3 is 2.00 bits per heavy atom. The number of carboxylic acid groups (broad SMARTS) is 4. The molecule has 0 bridgehead atoms. The number of aliphatic carboxylic acids is 4. The molecule has 10 rings (SSSR count). The van der Waals surface area contributed by atoms with Crippen LogP contribution < -0.4 is 53.4 Å². The molecule has 0 radical (unpaired) electrons. The fraction of sp³-hybridized carbons (Fsp3) is 0.258. The van der Waals surface area contributed by atoms with Gasteiger partial charge in [0.2, 0.25) is 29.6 Å². The van der Waals surface area contributed by atoms with Gasteiger partial charge in [-0.1, -0.05) is 52.8 Å². The van der Waals surface area contributed by atoms with E-state index in [-0.39, 0.29) is 70.4 Å². The summed E-state index contributed by atoms with van der Waals surface area (Å²) < 4.78 is 0. The number of nitrogens with two attached hydrogens (primary N) is 1. The average molecular weight is 1420 g/mol. The molecule has 5 aromatic carbocycles. The Bertz CT molecular complexity index is 4800. The number of rotatable bonds is 32. The van der Waals surface area contributed by atoms with E-state index in [9.17, 15) is 83.1 Å². The first-order valence-electron chi connectivity index (χ1n) is 31.2. The van der Waals surface area contributed by atoms with E-state index in [1.54, 1.807) is 59.5 Å². The summed E-state index contributed by atoms with van der Waals surface area (Å²) in [4.78, 5) is 177. The van der Waals surface area contributed by atoms with E-state index in [1.165, 1.54) is 30.5 Å². The smallest absolute Gasteiger partial charge is 0.327 e. The third-order valence-corrected chi connectivity index (χ3v) is 18.5. The summed E-state index contributed by atoms with van der Waals surface area (Å²) in [5.74, 6) is -11.2. The normalized spacial score (nSPS) is 13.4. The number of carbonyl (C=O) groups is 11. The number of H-pyrrole nitrogens is 3. The minimum absolute atomic E-state index is 0.0226. The number of aromatic hydroxyl groups is 1. The fourth-order valence-corrected chi connectivity index (χ4v) is 13.3. The number of aromatic nitrogens is 6. The molecule has 1 aliphatic heterocycles. The highest BCUT2D eigenvalue weighted by atomic mass is 33.1. The Labute approximate surface area is 578 Å². The van der Waals surface area contributed by atoms with E-state index in [0.29, 0.717) is 62.5 Å². The lowest BCUT2D eigenvalue weighted by Crippen LogP contribution is -2.57. The van der Waals surface area contributed by atoms with Crippen molar-refractivity contribution in [3.8, 4) is 5.75 Å². The van der Waals surface area contributed by atoms with Gasteiger partial charge in [0.15, 0.2) is 11.2 Å². The number of carboxylic acids is 4. The van der Waals surface area contributed by atoms with Crippen molar-refractivity contribution in [2.75, 3.05) is 70.8 Å². The topological polar surface area (TPSA) is 509 Å². The van der Waals surface area contributed by atoms with Crippen LogP contribution in [0.2, 0.25) is 0 Å². The maximum Gasteiger partial charge on any atom is 0.327 e. The number of phenols is 1. The van der Waals surface area contributed by atoms with Gasteiger partial charge in [0.25, 0.3) is 23.3 Å². The zero-order valence-electron chi connectivity index (χ0n) is 53.5. The quantitative estimate of drug-likeness (QED) is 0.0208. The molecule has 0 fully saturated rings. The van der Waals surface area contributed by atoms with Gasteiger partial charge in [-0.05, 0) is 96.6 Å². The maximum atomic E-state index is 14.1. The minimum atomic E-state index is -1.76. The molecule has 9 aromatic rings. The average Bonchev–Trinajstić information content (AvgIpc) is 1.60. The highest BCUT2D eigenvalue weighted by molar-refractivity contribution is 8.76. The lowest BCUT2D eigenvalue weighted by Gasteiger charge is -2.23. The molecule has 4 unspecified atom stereocenters. The van der Waals surface area contributed by atoms with Crippen LogP contribution in [0.25, 0.3) is 43.7 Å². The second-order valence-electron chi connectivity index (χ2n) is 23.3. The number of amides is 7. The highest BCUT2D eigenvalue weighted by Gasteiger charge is 2.36. The molecule has 17 N–H and O–H groups in total. The number of anilines is 5. The van der Waals surface area contributed by atoms with Crippen LogP contribution in [0.1, 0.15) is 81.1 Å². The van der Waals surface area contributed by atoms with Crippen molar-refractivity contribution in [1.29, 1.82) is 0 Å². The second kappa shape index (κ2) is 32.0. The number of phenolic OH excluding ortho intramolecular Hbond substituents is 1. The lowest BCUT2D eigenvalue weighted by atomic mass is 9.93. The molecule has 0 spiro atoms. The molecule has 101 heavy (non-hydrogen) atoms. The largest absolute Gasteiger partial charge is 0.507 e. The van der Waals surface area contributed by atoms with Gasteiger partial charge in [0.05, 0.1) is 43.8 Å². The number of nitrogens with one attached hydrogen (secondary N) is 10. The van der Waals surface area contributed by atoms with E-state index >= 15 is 0 Å². The monoisotopic (exact) mass is 1420 g/mol. The summed E-state index contributed by atoms with van der Waals surface area (Å²) in [6.45, 7) is -0.663. The SMILES string of the molecule is CCC1CN(C(=O)c2cc3cc(NC(=O)c4cc5cc(NC(=O)CCSSCC(NC(=O)C(CNC(=O)CN(CC(=O)O)CC(=O)O)NC(=O)CCC(NC(=O)c6ccc(NCc7cnc8nc(N)[nH]c(=O)c8n7)cc6)C(=O)O)C(=O)O)ccc5[nH]4)ccc3[nH]2)c2cc(O)c3ccccc3c21. The van der Waals surface area contributed by atoms with Gasteiger partial charge in [-0.15, -0.1) is 0 Å². The molecule has 524 valence electrons. The third kappa shape index (κ3) is 18.2. The van der Waals surface area contributed by atoms with Gasteiger partial charge in [-0.25, -0.2) is 19.6 Å². The van der Waals surface area contributed by atoms with Crippen LogP contribution in [0, 0.1) is 0 Å². The first-order chi connectivity index (χ1) is 48.4. The van der Waals surface area contributed by atoms with Gasteiger partial charge in [0, 0.05) is 99.2 Å². The van der Waals surface area contributed by atoms with Gasteiger partial charge >= 0.3 is 23.9 Å². The zero-order chi connectivity index (χ0) is 72.2. The highest BCUT2D eigenvalue weighted by Crippen LogP contribution is 2.46. The Morgan fingerprint density at radius 2 is 1.33 bits per heavy atom. The van der Waals surface area contributed by atoms with Crippen LogP contribution in [-0.4, -0.2) is 188 Å². The predicted octanol–water partition coefficient (Wildman–Crippen LogP) is 4.15. The van der Waals surface area contributed by atoms with Crippen molar-refractivity contribution in [3.63, 3.8) is 0 Å². The third-order valence-electron chi connectivity index (χ3n) is 16.1. The summed E-state index contributed by atoms with van der Waals surface area (Å²) in [5, 5.41) is 70.4. The van der Waals surface area contributed by atoms with E-state index in [0.717, 1.165) is 49.2 Å². The van der Waals surface area contributed by atoms with Crippen molar-refractivity contribution in [2.24, 2.45) is 0 Å². The molecule has 5 heterocycles. The summed E-state index contributed by atoms with van der Waals surface area (Å²) in [7, 11) is 2.08. The molecule has 4 atom stereocenters. The van der Waals surface area contributed by atoms with Crippen LogP contribution in [-0.2, 0) is 44.9 Å². The summed E-state index contributed by atoms with van der Waals surface area (Å²) in [5.41, 5.74) is 10.3. The molecular formula is C66H66N16O17S2. The molecule has 33 nitrogen and oxygen atoms in total. The number of benzene rings is 5. The van der Waals surface area contributed by atoms with E-state index in [2.05, 4.69) is 74.0 Å². The Morgan fingerprint density at radius 1 is 0.673 bits per heavy atom. The standard InChI is InChI=1S/C66H66N16O17S2/c1-2-32-27-82(49-23-50(83)40-5-3-4-6-41(40)56(32)49)63(95)46-22-35-20-38(12-14-43(35)75-46)73-60(92)45-21-34-19-37(11-13-42(34)74-45)71-52(85)17-18-100-101-31-48(65(98)99)78-61(93)47(26-69-53(86)28-81(29-54(87)88)30-55(89)90)76-51(84)16-15-44(64(96)97)77-59(91)33-7-9-36(10-8-33)68-24-39-25-70-58-57(72-39)62(94)80-66(67)79-58/h3-14,19-23,25,32,44,47-48,68,74-75,83H,2,15-18,24,26-31H2,1H3,(H,69,86)(H,71,85)(H,73,92)(H,76,84)(H,77,91)(H,78,93)(H,87,88)(H,89,90)(H,96,97)(H,98,99)(H3,67,70,79,80,94). The minimum Gasteiger partial charge on any atom is -0.507 e. The molecule has 0 saturated carbocycles. The number of nitrogen functional groups attached to an aromatic ring is 1. The van der Waals surface area contributed by atoms with Gasteiger partial charge < -0.3 is 83.4 Å². The van der Waals surface area contributed by atoms with Crippen molar-refractivity contribution >= 4 is 159 Å². The molecule has 0 aliphatic carbocycles. The molecule has 35 heteroatoms. The summed E-state index contributed by atoms with van der Waals surface area (Å²) in [6.07, 6.45) is 0.943. The number of hydrogen-bond donors (Lipinski definition) is 16. The van der Waals surface area contributed by atoms with Crippen LogP contribution in [0.4, 0.5) is 28.7 Å². The van der Waals surface area contributed by atoms with Gasteiger partial charge in [-0.2, -0.15) is 4.98 Å². The molecule has 0 saturated heterocycles. The van der Waals surface area contributed by atoms with Crippen LogP contribution in [0.5, 0.6) is 5.75 Å². The van der Waals surface area contributed by atoms with Gasteiger partial charge in [0.1, 0.15) is 35.3 Å². The number of carbonyl (C=O) groups excluding carboxylic acids is 7. The lowest BCUT2D eigenvalue weighted by molar-refractivity contribution is -0.143. The Hall–Kier alpha value is -12.1. The van der Waals surface area contributed by atoms with Crippen molar-refractivity contribution < 1.29 is 78.3 Å². The number of aromatic amines is 3. The number of nitrogens with zero attached hydrogens (tertiary/aromatic N) is 5. The van der Waals surface area contributed by atoms with E-state index in [1.807, 2.05) is 24.3 Å². The Kier molecular flexibility index (Phi) is 22.7. The van der Waals surface area contributed by atoms with E-state index < -0.39 is 122 Å². The van der Waals surface area contributed by atoms with E-state index in [4.69, 9.17) is 5.73 Å². The predicted molar refractivity (Wildman–Crippen MR) is 374 cm³/mol. The first-order valence-corrected chi connectivity index (χ1v) is 33.7. The molecule has 4 aromatic heterocycles. The number of hydrogen-bond acceptors (Lipinski definition) is 21. The maximum absolute atomic E-state index is 14.1. The van der Waals surface area contributed by atoms with Crippen molar-refractivity contribution in [1.82, 2.24) is 56.1 Å². The van der Waals surface area contributed by atoms with Crippen LogP contribution >= 0.6 is 21.6 Å². The molecular weight excluding hydrogens is 1350 g/mol. The fourth-order valence-electron chi connectivity index (χ4n) is 11.2. The van der Waals surface area contributed by atoms with Crippen molar-refractivity contribution in [3.05, 3.63) is 148 Å². The first kappa shape index (κ1) is 71.7.